The number of nitrogens with one attached hydrogen (secondary N) is 1. The SMILES string of the molecule is CNC(C)(C#N)CCCN1CCC2(CCCCC2)CC1. The van der Waals surface area contributed by atoms with Crippen LogP contribution in [0.25, 0.3) is 0 Å². The van der Waals surface area contributed by atoms with Gasteiger partial charge in [-0.15, -0.1) is 0 Å². The van der Waals surface area contributed by atoms with E-state index in [1.165, 1.54) is 58.0 Å². The van der Waals surface area contributed by atoms with Gasteiger partial charge in [-0.1, -0.05) is 19.3 Å². The lowest BCUT2D eigenvalue weighted by Crippen LogP contribution is -2.42. The van der Waals surface area contributed by atoms with Crippen LogP contribution in [-0.4, -0.2) is 37.1 Å². The summed E-state index contributed by atoms with van der Waals surface area (Å²) in [6, 6.07) is 2.38. The molecule has 2 aliphatic rings. The van der Waals surface area contributed by atoms with E-state index in [-0.39, 0.29) is 5.54 Å². The summed E-state index contributed by atoms with van der Waals surface area (Å²) in [6.07, 6.45) is 12.2. The molecule has 20 heavy (non-hydrogen) atoms. The first kappa shape index (κ1) is 15.8. The second-order valence-corrected chi connectivity index (χ2v) is 7.20. The molecule has 0 radical (unpaired) electrons. The van der Waals surface area contributed by atoms with E-state index < -0.39 is 0 Å². The lowest BCUT2D eigenvalue weighted by Gasteiger charge is -2.44. The van der Waals surface area contributed by atoms with Gasteiger partial charge in [-0.25, -0.2) is 0 Å². The molecule has 1 aliphatic heterocycles. The maximum Gasteiger partial charge on any atom is 0.103 e. The van der Waals surface area contributed by atoms with Crippen molar-refractivity contribution in [1.29, 1.82) is 5.26 Å². The van der Waals surface area contributed by atoms with Crippen molar-refractivity contribution < 1.29 is 0 Å². The topological polar surface area (TPSA) is 39.1 Å². The Morgan fingerprint density at radius 3 is 2.35 bits per heavy atom. The number of nitriles is 1. The molecule has 1 saturated heterocycles. The molecule has 0 bridgehead atoms. The van der Waals surface area contributed by atoms with Gasteiger partial charge in [0.2, 0.25) is 0 Å². The Labute approximate surface area is 124 Å². The zero-order valence-electron chi connectivity index (χ0n) is 13.4. The maximum atomic E-state index is 9.16. The first-order chi connectivity index (χ1) is 9.61. The molecule has 1 N–H and O–H groups in total. The van der Waals surface area contributed by atoms with Crippen LogP contribution in [0.15, 0.2) is 0 Å². The van der Waals surface area contributed by atoms with Crippen molar-refractivity contribution in [3.8, 4) is 6.07 Å². The largest absolute Gasteiger partial charge is 0.303 e. The van der Waals surface area contributed by atoms with Gasteiger partial charge in [-0.3, -0.25) is 0 Å². The van der Waals surface area contributed by atoms with Crippen molar-refractivity contribution in [2.75, 3.05) is 26.7 Å². The summed E-state index contributed by atoms with van der Waals surface area (Å²) in [4.78, 5) is 2.62. The van der Waals surface area contributed by atoms with Crippen molar-refractivity contribution in [2.24, 2.45) is 5.41 Å². The quantitative estimate of drug-likeness (QED) is 0.838. The maximum absolute atomic E-state index is 9.16. The van der Waals surface area contributed by atoms with Gasteiger partial charge in [0, 0.05) is 0 Å². The minimum Gasteiger partial charge on any atom is -0.303 e. The average molecular weight is 277 g/mol. The molecule has 1 unspecified atom stereocenters. The van der Waals surface area contributed by atoms with Gasteiger partial charge in [0.1, 0.15) is 5.54 Å². The fourth-order valence-corrected chi connectivity index (χ4v) is 3.95. The Balaban J connectivity index is 1.68. The Kier molecular flexibility index (Phi) is 5.46. The monoisotopic (exact) mass is 277 g/mol. The highest BCUT2D eigenvalue weighted by atomic mass is 15.1. The molecule has 0 amide bonds. The zero-order valence-corrected chi connectivity index (χ0v) is 13.4. The number of piperidine rings is 1. The van der Waals surface area contributed by atoms with E-state index in [9.17, 15) is 0 Å². The molecule has 2 fully saturated rings. The molecule has 1 aliphatic carbocycles. The summed E-state index contributed by atoms with van der Waals surface area (Å²) in [6.45, 7) is 5.72. The minimum atomic E-state index is -0.347. The first-order valence-corrected chi connectivity index (χ1v) is 8.44. The van der Waals surface area contributed by atoms with Crippen LogP contribution in [-0.2, 0) is 0 Å². The third-order valence-corrected chi connectivity index (χ3v) is 5.78. The van der Waals surface area contributed by atoms with Gasteiger partial charge in [-0.05, 0) is 77.5 Å². The predicted molar refractivity (Wildman–Crippen MR) is 83.5 cm³/mol. The van der Waals surface area contributed by atoms with Crippen molar-refractivity contribution in [3.05, 3.63) is 0 Å². The molecule has 0 aromatic carbocycles. The van der Waals surface area contributed by atoms with Gasteiger partial charge in [0.05, 0.1) is 6.07 Å². The highest BCUT2D eigenvalue weighted by molar-refractivity contribution is 5.02. The van der Waals surface area contributed by atoms with Crippen LogP contribution < -0.4 is 5.32 Å². The summed E-state index contributed by atoms with van der Waals surface area (Å²) in [5.74, 6) is 0. The molecule has 0 aromatic rings. The standard InChI is InChI=1S/C17H31N3/c1-16(15-18,19-2)7-6-12-20-13-10-17(11-14-20)8-4-3-5-9-17/h19H,3-14H2,1-2H3. The Morgan fingerprint density at radius 2 is 1.80 bits per heavy atom. The highest BCUT2D eigenvalue weighted by Gasteiger charge is 2.35. The van der Waals surface area contributed by atoms with Crippen LogP contribution in [0.5, 0.6) is 0 Å². The summed E-state index contributed by atoms with van der Waals surface area (Å²) >= 11 is 0. The van der Waals surface area contributed by atoms with Gasteiger partial charge in [0.25, 0.3) is 0 Å². The van der Waals surface area contributed by atoms with Gasteiger partial charge in [-0.2, -0.15) is 5.26 Å². The van der Waals surface area contributed by atoms with E-state index in [1.807, 2.05) is 14.0 Å². The van der Waals surface area contributed by atoms with Crippen LogP contribution in [0.2, 0.25) is 0 Å². The molecular formula is C17H31N3. The van der Waals surface area contributed by atoms with Crippen LogP contribution in [0.4, 0.5) is 0 Å². The van der Waals surface area contributed by atoms with Crippen LogP contribution in [0.1, 0.15) is 64.7 Å². The van der Waals surface area contributed by atoms with E-state index in [1.54, 1.807) is 0 Å². The zero-order chi connectivity index (χ0) is 14.5. The summed E-state index contributed by atoms with van der Waals surface area (Å²) < 4.78 is 0. The fraction of sp³-hybridized carbons (Fsp3) is 0.941. The third kappa shape index (κ3) is 3.96. The predicted octanol–water partition coefficient (Wildman–Crippen LogP) is 3.31. The minimum absolute atomic E-state index is 0.347. The Hall–Kier alpha value is -0.590. The summed E-state index contributed by atoms with van der Waals surface area (Å²) in [7, 11) is 1.89. The smallest absolute Gasteiger partial charge is 0.103 e. The molecule has 1 atom stereocenters. The number of likely N-dealkylation sites (tertiary alicyclic amines) is 1. The van der Waals surface area contributed by atoms with Crippen LogP contribution >= 0.6 is 0 Å². The summed E-state index contributed by atoms with van der Waals surface area (Å²) in [5, 5.41) is 12.3. The van der Waals surface area contributed by atoms with E-state index in [0.29, 0.717) is 5.41 Å². The summed E-state index contributed by atoms with van der Waals surface area (Å²) in [5.41, 5.74) is 0.362. The average Bonchev–Trinajstić information content (AvgIpc) is 2.50. The van der Waals surface area contributed by atoms with Crippen LogP contribution in [0.3, 0.4) is 0 Å². The highest BCUT2D eigenvalue weighted by Crippen LogP contribution is 2.44. The van der Waals surface area contributed by atoms with E-state index in [2.05, 4.69) is 16.3 Å². The molecule has 3 nitrogen and oxygen atoms in total. The second kappa shape index (κ2) is 6.91. The number of rotatable bonds is 5. The molecule has 114 valence electrons. The number of hydrogen-bond acceptors (Lipinski definition) is 3. The van der Waals surface area contributed by atoms with Crippen molar-refractivity contribution in [2.45, 2.75) is 70.3 Å². The molecular weight excluding hydrogens is 246 g/mol. The fourth-order valence-electron chi connectivity index (χ4n) is 3.95. The lowest BCUT2D eigenvalue weighted by molar-refractivity contribution is 0.0664. The molecule has 1 heterocycles. The number of hydrogen-bond donors (Lipinski definition) is 1. The first-order valence-electron chi connectivity index (χ1n) is 8.44. The molecule has 1 spiro atoms. The van der Waals surface area contributed by atoms with Gasteiger partial charge in [0.15, 0.2) is 0 Å². The van der Waals surface area contributed by atoms with Crippen molar-refractivity contribution in [3.63, 3.8) is 0 Å². The van der Waals surface area contributed by atoms with E-state index >= 15 is 0 Å². The van der Waals surface area contributed by atoms with Gasteiger partial charge >= 0.3 is 0 Å². The van der Waals surface area contributed by atoms with Crippen molar-refractivity contribution in [1.82, 2.24) is 10.2 Å². The van der Waals surface area contributed by atoms with E-state index in [4.69, 9.17) is 5.26 Å². The van der Waals surface area contributed by atoms with Crippen LogP contribution in [0, 0.1) is 16.7 Å². The van der Waals surface area contributed by atoms with Gasteiger partial charge < -0.3 is 10.2 Å². The molecule has 3 heteroatoms. The molecule has 1 saturated carbocycles. The Bertz CT molecular complexity index is 331. The normalized spacial score (nSPS) is 26.1. The molecule has 0 aromatic heterocycles. The molecule has 2 rings (SSSR count). The second-order valence-electron chi connectivity index (χ2n) is 7.20. The third-order valence-electron chi connectivity index (χ3n) is 5.78. The van der Waals surface area contributed by atoms with E-state index in [0.717, 1.165) is 19.4 Å². The lowest BCUT2D eigenvalue weighted by atomic mass is 9.68. The Morgan fingerprint density at radius 1 is 1.15 bits per heavy atom. The number of nitrogens with zero attached hydrogens (tertiary/aromatic N) is 2. The van der Waals surface area contributed by atoms with Crippen molar-refractivity contribution >= 4 is 0 Å².